The number of halogens is 3. The van der Waals surface area contributed by atoms with E-state index in [9.17, 15) is 13.2 Å². The van der Waals surface area contributed by atoms with E-state index in [1.54, 1.807) is 30.7 Å². The van der Waals surface area contributed by atoms with E-state index in [1.165, 1.54) is 12.5 Å². The zero-order chi connectivity index (χ0) is 20.3. The second kappa shape index (κ2) is 8.08. The molecule has 0 saturated carbocycles. The molecule has 0 atom stereocenters. The van der Waals surface area contributed by atoms with E-state index in [2.05, 4.69) is 29.8 Å². The smallest absolute Gasteiger partial charge is 0.422 e. The Morgan fingerprint density at radius 2 is 1.93 bits per heavy atom. The first-order valence-corrected chi connectivity index (χ1v) is 8.94. The molecule has 10 heteroatoms. The number of nitrogens with zero attached hydrogens (tertiary/aromatic N) is 6. The SMILES string of the molecule is FC(F)(F)COc1ncccc1CN1CCc2nc(-c3cncnc3)ncc2C1. The van der Waals surface area contributed by atoms with E-state index in [1.807, 2.05) is 0 Å². The molecule has 3 aromatic rings. The van der Waals surface area contributed by atoms with Crippen molar-refractivity contribution in [3.05, 3.63) is 60.1 Å². The Morgan fingerprint density at radius 1 is 1.10 bits per heavy atom. The van der Waals surface area contributed by atoms with Crippen molar-refractivity contribution >= 4 is 0 Å². The molecule has 4 rings (SSSR count). The van der Waals surface area contributed by atoms with Crippen molar-refractivity contribution in [3.8, 4) is 17.3 Å². The van der Waals surface area contributed by atoms with Gasteiger partial charge in [-0.15, -0.1) is 0 Å². The maximum absolute atomic E-state index is 12.5. The molecule has 0 fully saturated rings. The zero-order valence-corrected chi connectivity index (χ0v) is 15.3. The van der Waals surface area contributed by atoms with Gasteiger partial charge in [0.05, 0.1) is 11.3 Å². The van der Waals surface area contributed by atoms with Crippen molar-refractivity contribution in [3.63, 3.8) is 0 Å². The highest BCUT2D eigenvalue weighted by Crippen LogP contribution is 2.25. The van der Waals surface area contributed by atoms with Gasteiger partial charge in [-0.2, -0.15) is 13.2 Å². The van der Waals surface area contributed by atoms with Crippen molar-refractivity contribution in [2.45, 2.75) is 25.7 Å². The Labute approximate surface area is 164 Å². The molecule has 0 aliphatic carbocycles. The molecule has 0 N–H and O–H groups in total. The van der Waals surface area contributed by atoms with Crippen LogP contribution >= 0.6 is 0 Å². The molecule has 0 bridgehead atoms. The third kappa shape index (κ3) is 4.83. The Bertz CT molecular complexity index is 983. The second-order valence-electron chi connectivity index (χ2n) is 6.62. The van der Waals surface area contributed by atoms with Crippen molar-refractivity contribution in [2.24, 2.45) is 0 Å². The first kappa shape index (κ1) is 19.2. The van der Waals surface area contributed by atoms with E-state index in [-0.39, 0.29) is 5.88 Å². The lowest BCUT2D eigenvalue weighted by Gasteiger charge is -2.28. The van der Waals surface area contributed by atoms with Crippen LogP contribution in [0.2, 0.25) is 0 Å². The summed E-state index contributed by atoms with van der Waals surface area (Å²) >= 11 is 0. The minimum Gasteiger partial charge on any atom is -0.468 e. The topological polar surface area (TPSA) is 76.9 Å². The normalized spacial score (nSPS) is 14.4. The molecule has 1 aliphatic heterocycles. The monoisotopic (exact) mass is 402 g/mol. The van der Waals surface area contributed by atoms with Gasteiger partial charge in [0, 0.05) is 62.0 Å². The first-order valence-electron chi connectivity index (χ1n) is 8.94. The van der Waals surface area contributed by atoms with Crippen LogP contribution in [-0.4, -0.2) is 49.1 Å². The van der Waals surface area contributed by atoms with Crippen LogP contribution < -0.4 is 4.74 Å². The van der Waals surface area contributed by atoms with Gasteiger partial charge in [-0.3, -0.25) is 4.90 Å². The van der Waals surface area contributed by atoms with Gasteiger partial charge in [0.25, 0.3) is 0 Å². The predicted octanol–water partition coefficient (Wildman–Crippen LogP) is 2.83. The fourth-order valence-corrected chi connectivity index (χ4v) is 3.13. The van der Waals surface area contributed by atoms with Gasteiger partial charge >= 0.3 is 6.18 Å². The zero-order valence-electron chi connectivity index (χ0n) is 15.3. The maximum atomic E-state index is 12.5. The number of hydrogen-bond donors (Lipinski definition) is 0. The summed E-state index contributed by atoms with van der Waals surface area (Å²) < 4.78 is 42.3. The van der Waals surface area contributed by atoms with E-state index in [0.717, 1.165) is 16.8 Å². The lowest BCUT2D eigenvalue weighted by molar-refractivity contribution is -0.154. The van der Waals surface area contributed by atoms with Crippen molar-refractivity contribution < 1.29 is 17.9 Å². The average Bonchev–Trinajstić information content (AvgIpc) is 2.73. The summed E-state index contributed by atoms with van der Waals surface area (Å²) in [5.74, 6) is 0.583. The molecule has 4 heterocycles. The summed E-state index contributed by atoms with van der Waals surface area (Å²) in [4.78, 5) is 23.0. The van der Waals surface area contributed by atoms with Crippen LogP contribution in [0.4, 0.5) is 13.2 Å². The molecule has 3 aromatic heterocycles. The summed E-state index contributed by atoms with van der Waals surface area (Å²) in [6.07, 6.45) is 4.27. The van der Waals surface area contributed by atoms with E-state index in [4.69, 9.17) is 4.74 Å². The van der Waals surface area contributed by atoms with Crippen LogP contribution in [0.15, 0.2) is 43.2 Å². The maximum Gasteiger partial charge on any atom is 0.422 e. The molecular weight excluding hydrogens is 385 g/mol. The lowest BCUT2D eigenvalue weighted by atomic mass is 10.1. The molecule has 0 aromatic carbocycles. The summed E-state index contributed by atoms with van der Waals surface area (Å²) in [5, 5.41) is 0. The molecule has 150 valence electrons. The summed E-state index contributed by atoms with van der Waals surface area (Å²) in [7, 11) is 0. The molecule has 1 aliphatic rings. The summed E-state index contributed by atoms with van der Waals surface area (Å²) in [6, 6.07) is 3.41. The summed E-state index contributed by atoms with van der Waals surface area (Å²) in [6.45, 7) is 0.366. The number of alkyl halides is 3. The molecule has 0 unspecified atom stereocenters. The third-order valence-electron chi connectivity index (χ3n) is 4.45. The number of aromatic nitrogens is 5. The highest BCUT2D eigenvalue weighted by molar-refractivity contribution is 5.52. The number of pyridine rings is 1. The molecule has 0 saturated heterocycles. The number of ether oxygens (including phenoxy) is 1. The Hall–Kier alpha value is -3.14. The third-order valence-corrected chi connectivity index (χ3v) is 4.45. The van der Waals surface area contributed by atoms with Crippen LogP contribution in [0.5, 0.6) is 5.88 Å². The summed E-state index contributed by atoms with van der Waals surface area (Å²) in [5.41, 5.74) is 3.30. The molecule has 7 nitrogen and oxygen atoms in total. The Balaban J connectivity index is 1.46. The van der Waals surface area contributed by atoms with E-state index in [0.29, 0.717) is 37.4 Å². The number of hydrogen-bond acceptors (Lipinski definition) is 7. The standard InChI is InChI=1S/C19H17F3N6O/c20-19(21,22)11-29-18-13(2-1-4-25-18)9-28-5-3-16-15(10-28)8-26-17(27-16)14-6-23-12-24-7-14/h1-2,4,6-8,12H,3,5,9-11H2. The largest absolute Gasteiger partial charge is 0.468 e. The van der Waals surface area contributed by atoms with Crippen LogP contribution in [0.1, 0.15) is 16.8 Å². The van der Waals surface area contributed by atoms with Gasteiger partial charge in [-0.1, -0.05) is 6.07 Å². The van der Waals surface area contributed by atoms with Crippen LogP contribution in [0.3, 0.4) is 0 Å². The fourth-order valence-electron chi connectivity index (χ4n) is 3.13. The second-order valence-corrected chi connectivity index (χ2v) is 6.62. The number of rotatable bonds is 5. The highest BCUT2D eigenvalue weighted by atomic mass is 19.4. The van der Waals surface area contributed by atoms with E-state index >= 15 is 0 Å². The molecular formula is C19H17F3N6O. The van der Waals surface area contributed by atoms with E-state index < -0.39 is 12.8 Å². The molecule has 0 amide bonds. The minimum atomic E-state index is -4.41. The Kier molecular flexibility index (Phi) is 5.34. The predicted molar refractivity (Wildman–Crippen MR) is 96.7 cm³/mol. The minimum absolute atomic E-state index is 0.00583. The highest BCUT2D eigenvalue weighted by Gasteiger charge is 2.29. The van der Waals surface area contributed by atoms with Crippen LogP contribution in [0.25, 0.3) is 11.4 Å². The quantitative estimate of drug-likeness (QED) is 0.649. The average molecular weight is 402 g/mol. The van der Waals surface area contributed by atoms with Crippen molar-refractivity contribution in [2.75, 3.05) is 13.2 Å². The van der Waals surface area contributed by atoms with Gasteiger partial charge < -0.3 is 4.74 Å². The number of fused-ring (bicyclic) bond motifs is 1. The van der Waals surface area contributed by atoms with Crippen molar-refractivity contribution in [1.82, 2.24) is 29.8 Å². The molecule has 0 spiro atoms. The lowest BCUT2D eigenvalue weighted by Crippen LogP contribution is -2.31. The van der Waals surface area contributed by atoms with Crippen LogP contribution in [0, 0.1) is 0 Å². The van der Waals surface area contributed by atoms with Gasteiger partial charge in [0.1, 0.15) is 6.33 Å². The van der Waals surface area contributed by atoms with Gasteiger partial charge in [-0.05, 0) is 6.07 Å². The molecule has 29 heavy (non-hydrogen) atoms. The van der Waals surface area contributed by atoms with Gasteiger partial charge in [-0.25, -0.2) is 24.9 Å². The van der Waals surface area contributed by atoms with Crippen LogP contribution in [-0.2, 0) is 19.5 Å². The van der Waals surface area contributed by atoms with Gasteiger partial charge in [0.2, 0.25) is 5.88 Å². The Morgan fingerprint density at radius 3 is 2.72 bits per heavy atom. The fraction of sp³-hybridized carbons (Fsp3) is 0.316. The molecule has 0 radical (unpaired) electrons. The van der Waals surface area contributed by atoms with Gasteiger partial charge in [0.15, 0.2) is 12.4 Å². The first-order chi connectivity index (χ1) is 14.0. The van der Waals surface area contributed by atoms with Crippen molar-refractivity contribution in [1.29, 1.82) is 0 Å².